The lowest BCUT2D eigenvalue weighted by molar-refractivity contribution is -0.127. The van der Waals surface area contributed by atoms with Gasteiger partial charge in [-0.2, -0.15) is 0 Å². The van der Waals surface area contributed by atoms with Crippen LogP contribution >= 0.6 is 0 Å². The predicted octanol–water partition coefficient (Wildman–Crippen LogP) is 3.10. The van der Waals surface area contributed by atoms with E-state index < -0.39 is 6.10 Å². The minimum atomic E-state index is -0.569. The van der Waals surface area contributed by atoms with Crippen molar-refractivity contribution in [2.24, 2.45) is 0 Å². The SMILES string of the molecule is CO[C@H](C)C(=O)N(Cc1ccc(F)cc1)c1cncc(C)c1. The number of pyridine rings is 1. The Balaban J connectivity index is 2.32. The number of rotatable bonds is 5. The maximum Gasteiger partial charge on any atom is 0.256 e. The summed E-state index contributed by atoms with van der Waals surface area (Å²) in [5, 5.41) is 0. The molecule has 0 saturated carbocycles. The molecular weight excluding hydrogens is 283 g/mol. The Labute approximate surface area is 129 Å². The topological polar surface area (TPSA) is 42.4 Å². The lowest BCUT2D eigenvalue weighted by atomic mass is 10.1. The fourth-order valence-electron chi connectivity index (χ4n) is 2.08. The molecule has 1 aromatic carbocycles. The van der Waals surface area contributed by atoms with Gasteiger partial charge in [-0.05, 0) is 43.2 Å². The molecule has 1 amide bonds. The van der Waals surface area contributed by atoms with Gasteiger partial charge in [0.15, 0.2) is 0 Å². The molecule has 4 nitrogen and oxygen atoms in total. The molecule has 0 aliphatic heterocycles. The summed E-state index contributed by atoms with van der Waals surface area (Å²) < 4.78 is 18.2. The van der Waals surface area contributed by atoms with Crippen molar-refractivity contribution < 1.29 is 13.9 Å². The van der Waals surface area contributed by atoms with Crippen LogP contribution in [0, 0.1) is 12.7 Å². The molecule has 0 unspecified atom stereocenters. The number of anilines is 1. The van der Waals surface area contributed by atoms with Gasteiger partial charge in [-0.25, -0.2) is 4.39 Å². The fourth-order valence-corrected chi connectivity index (χ4v) is 2.08. The van der Waals surface area contributed by atoms with E-state index >= 15 is 0 Å². The zero-order valence-corrected chi connectivity index (χ0v) is 12.9. The highest BCUT2D eigenvalue weighted by atomic mass is 19.1. The van der Waals surface area contributed by atoms with Gasteiger partial charge in [0.05, 0.1) is 18.4 Å². The maximum atomic E-state index is 13.0. The average molecular weight is 302 g/mol. The van der Waals surface area contributed by atoms with E-state index in [1.807, 2.05) is 13.0 Å². The summed E-state index contributed by atoms with van der Waals surface area (Å²) in [7, 11) is 1.49. The van der Waals surface area contributed by atoms with E-state index in [0.717, 1.165) is 11.1 Å². The second-order valence-electron chi connectivity index (χ2n) is 5.15. The molecule has 0 saturated heterocycles. The molecule has 0 spiro atoms. The third-order valence-electron chi connectivity index (χ3n) is 3.39. The summed E-state index contributed by atoms with van der Waals surface area (Å²) in [5.41, 5.74) is 2.48. The molecule has 0 fully saturated rings. The van der Waals surface area contributed by atoms with E-state index in [0.29, 0.717) is 12.2 Å². The Hall–Kier alpha value is -2.27. The summed E-state index contributed by atoms with van der Waals surface area (Å²) in [6.07, 6.45) is 2.79. The average Bonchev–Trinajstić information content (AvgIpc) is 2.53. The number of aryl methyl sites for hydroxylation is 1. The first kappa shape index (κ1) is 16.1. The first-order chi connectivity index (χ1) is 10.5. The van der Waals surface area contributed by atoms with E-state index in [2.05, 4.69) is 4.98 Å². The second kappa shape index (κ2) is 7.13. The summed E-state index contributed by atoms with van der Waals surface area (Å²) >= 11 is 0. The fraction of sp³-hybridized carbons (Fsp3) is 0.294. The molecule has 1 aromatic heterocycles. The number of amides is 1. The molecule has 0 bridgehead atoms. The monoisotopic (exact) mass is 302 g/mol. The summed E-state index contributed by atoms with van der Waals surface area (Å²) in [5.74, 6) is -0.469. The van der Waals surface area contributed by atoms with E-state index in [-0.39, 0.29) is 11.7 Å². The van der Waals surface area contributed by atoms with Crippen LogP contribution in [0.3, 0.4) is 0 Å². The van der Waals surface area contributed by atoms with E-state index in [4.69, 9.17) is 4.74 Å². The standard InChI is InChI=1S/C17H19FN2O2/c1-12-8-16(10-19-9-12)20(17(21)13(2)22-3)11-14-4-6-15(18)7-5-14/h4-10,13H,11H2,1-3H3/t13-/m1/s1. The van der Waals surface area contributed by atoms with Crippen LogP contribution in [0.1, 0.15) is 18.1 Å². The van der Waals surface area contributed by atoms with Crippen LogP contribution in [-0.2, 0) is 16.1 Å². The normalized spacial score (nSPS) is 12.0. The molecule has 1 atom stereocenters. The van der Waals surface area contributed by atoms with Gasteiger partial charge in [0.1, 0.15) is 11.9 Å². The number of carbonyl (C=O) groups is 1. The van der Waals surface area contributed by atoms with Gasteiger partial charge < -0.3 is 9.64 Å². The number of carbonyl (C=O) groups excluding carboxylic acids is 1. The third-order valence-corrected chi connectivity index (χ3v) is 3.39. The molecule has 0 aliphatic rings. The molecule has 0 aliphatic carbocycles. The molecule has 5 heteroatoms. The summed E-state index contributed by atoms with van der Waals surface area (Å²) in [6, 6.07) is 7.97. The number of methoxy groups -OCH3 is 1. The van der Waals surface area contributed by atoms with Crippen LogP contribution in [0.25, 0.3) is 0 Å². The van der Waals surface area contributed by atoms with E-state index in [9.17, 15) is 9.18 Å². The molecule has 0 radical (unpaired) electrons. The Morgan fingerprint density at radius 2 is 2.00 bits per heavy atom. The number of nitrogens with zero attached hydrogens (tertiary/aromatic N) is 2. The van der Waals surface area contributed by atoms with E-state index in [1.54, 1.807) is 36.4 Å². The lowest BCUT2D eigenvalue weighted by Gasteiger charge is -2.25. The van der Waals surface area contributed by atoms with Crippen LogP contribution in [-0.4, -0.2) is 24.1 Å². The smallest absolute Gasteiger partial charge is 0.256 e. The number of halogens is 1. The highest BCUT2D eigenvalue weighted by Gasteiger charge is 2.22. The van der Waals surface area contributed by atoms with Crippen LogP contribution in [0.5, 0.6) is 0 Å². The Kier molecular flexibility index (Phi) is 5.22. The van der Waals surface area contributed by atoms with Crippen molar-refractivity contribution in [3.05, 3.63) is 59.7 Å². The largest absolute Gasteiger partial charge is 0.372 e. The number of aromatic nitrogens is 1. The highest BCUT2D eigenvalue weighted by molar-refractivity contribution is 5.96. The van der Waals surface area contributed by atoms with Crippen molar-refractivity contribution in [2.45, 2.75) is 26.5 Å². The van der Waals surface area contributed by atoms with Crippen molar-refractivity contribution >= 4 is 11.6 Å². The zero-order valence-electron chi connectivity index (χ0n) is 12.9. The maximum absolute atomic E-state index is 13.0. The van der Waals surface area contributed by atoms with Crippen molar-refractivity contribution in [3.8, 4) is 0 Å². The predicted molar refractivity (Wildman–Crippen MR) is 83.0 cm³/mol. The number of hydrogen-bond donors (Lipinski definition) is 0. The Bertz CT molecular complexity index is 643. The van der Waals surface area contributed by atoms with Crippen LogP contribution < -0.4 is 4.90 Å². The summed E-state index contributed by atoms with van der Waals surface area (Å²) in [6.45, 7) is 3.94. The molecule has 116 valence electrons. The van der Waals surface area contributed by atoms with Crippen molar-refractivity contribution in [1.29, 1.82) is 0 Å². The number of benzene rings is 1. The molecule has 2 aromatic rings. The molecular formula is C17H19FN2O2. The minimum absolute atomic E-state index is 0.167. The Morgan fingerprint density at radius 3 is 2.59 bits per heavy atom. The van der Waals surface area contributed by atoms with Gasteiger partial charge in [-0.1, -0.05) is 12.1 Å². The van der Waals surface area contributed by atoms with Crippen LogP contribution in [0.2, 0.25) is 0 Å². The molecule has 1 heterocycles. The number of hydrogen-bond acceptors (Lipinski definition) is 3. The molecule has 0 N–H and O–H groups in total. The van der Waals surface area contributed by atoms with Crippen LogP contribution in [0.15, 0.2) is 42.7 Å². The lowest BCUT2D eigenvalue weighted by Crippen LogP contribution is -2.38. The van der Waals surface area contributed by atoms with E-state index in [1.165, 1.54) is 19.2 Å². The van der Waals surface area contributed by atoms with Gasteiger partial charge in [-0.15, -0.1) is 0 Å². The van der Waals surface area contributed by atoms with Gasteiger partial charge in [0, 0.05) is 13.3 Å². The van der Waals surface area contributed by atoms with Gasteiger partial charge in [-0.3, -0.25) is 9.78 Å². The van der Waals surface area contributed by atoms with Gasteiger partial charge >= 0.3 is 0 Å². The molecule has 22 heavy (non-hydrogen) atoms. The van der Waals surface area contributed by atoms with Crippen LogP contribution in [0.4, 0.5) is 10.1 Å². The van der Waals surface area contributed by atoms with Gasteiger partial charge in [0.2, 0.25) is 0 Å². The van der Waals surface area contributed by atoms with Crippen molar-refractivity contribution in [1.82, 2.24) is 4.98 Å². The highest BCUT2D eigenvalue weighted by Crippen LogP contribution is 2.19. The minimum Gasteiger partial charge on any atom is -0.372 e. The van der Waals surface area contributed by atoms with Gasteiger partial charge in [0.25, 0.3) is 5.91 Å². The first-order valence-electron chi connectivity index (χ1n) is 7.01. The zero-order chi connectivity index (χ0) is 16.1. The Morgan fingerprint density at radius 1 is 1.32 bits per heavy atom. The second-order valence-corrected chi connectivity index (χ2v) is 5.15. The molecule has 2 rings (SSSR count). The first-order valence-corrected chi connectivity index (χ1v) is 7.01. The summed E-state index contributed by atoms with van der Waals surface area (Å²) in [4.78, 5) is 18.3. The number of ether oxygens (including phenoxy) is 1. The quantitative estimate of drug-likeness (QED) is 0.852. The third kappa shape index (κ3) is 3.89. The van der Waals surface area contributed by atoms with Crippen molar-refractivity contribution in [2.75, 3.05) is 12.0 Å². The van der Waals surface area contributed by atoms with Crippen molar-refractivity contribution in [3.63, 3.8) is 0 Å².